The van der Waals surface area contributed by atoms with Crippen LogP contribution in [-0.2, 0) is 0 Å². The number of hydrogen-bond acceptors (Lipinski definition) is 0. The highest BCUT2D eigenvalue weighted by Crippen LogP contribution is 2.23. The molecular weight excluding hydrogens is 132 g/mol. The molecule has 0 saturated heterocycles. The van der Waals surface area contributed by atoms with E-state index in [1.165, 1.54) is 6.42 Å². The fraction of sp³-hybridized carbons (Fsp3) is 0.818. The monoisotopic (exact) mass is 154 g/mol. The molecule has 0 aromatic rings. The van der Waals surface area contributed by atoms with Crippen LogP contribution < -0.4 is 0 Å². The maximum atomic E-state index is 2.32. The number of hydrogen-bond donors (Lipinski definition) is 0. The summed E-state index contributed by atoms with van der Waals surface area (Å²) in [4.78, 5) is 0. The Hall–Kier alpha value is -0.260. The van der Waals surface area contributed by atoms with Crippen LogP contribution in [0.15, 0.2) is 11.1 Å². The molecule has 0 bridgehead atoms. The SMILES string of the molecule is CC/C(C)=C(/C)[C@H](C)C(C)C. The maximum Gasteiger partial charge on any atom is -0.0209 e. The fourth-order valence-corrected chi connectivity index (χ4v) is 1.17. The van der Waals surface area contributed by atoms with Crippen molar-refractivity contribution in [3.8, 4) is 0 Å². The predicted octanol–water partition coefficient (Wildman–Crippen LogP) is 4.02. The van der Waals surface area contributed by atoms with Crippen molar-refractivity contribution in [1.82, 2.24) is 0 Å². The largest absolute Gasteiger partial charge is 0.0744 e. The molecule has 0 unspecified atom stereocenters. The molecule has 0 aromatic heterocycles. The Morgan fingerprint density at radius 2 is 1.55 bits per heavy atom. The van der Waals surface area contributed by atoms with Crippen LogP contribution in [0.5, 0.6) is 0 Å². The summed E-state index contributed by atoms with van der Waals surface area (Å²) in [7, 11) is 0. The van der Waals surface area contributed by atoms with Crippen LogP contribution in [0.4, 0.5) is 0 Å². The molecule has 0 aliphatic carbocycles. The molecule has 66 valence electrons. The summed E-state index contributed by atoms with van der Waals surface area (Å²) in [5.74, 6) is 1.52. The third-order valence-electron chi connectivity index (χ3n) is 2.89. The van der Waals surface area contributed by atoms with Gasteiger partial charge in [-0.1, -0.05) is 38.8 Å². The molecule has 1 atom stereocenters. The van der Waals surface area contributed by atoms with Gasteiger partial charge in [0.25, 0.3) is 0 Å². The van der Waals surface area contributed by atoms with Gasteiger partial charge in [-0.25, -0.2) is 0 Å². The highest BCUT2D eigenvalue weighted by molar-refractivity contribution is 5.12. The Bertz CT molecular complexity index is 140. The molecule has 0 spiro atoms. The summed E-state index contributed by atoms with van der Waals surface area (Å²) in [5, 5.41) is 0. The van der Waals surface area contributed by atoms with E-state index in [0.29, 0.717) is 0 Å². The normalized spacial score (nSPS) is 16.6. The second-order valence-corrected chi connectivity index (χ2v) is 3.85. The Labute approximate surface area is 71.7 Å². The fourth-order valence-electron chi connectivity index (χ4n) is 1.17. The molecule has 0 aliphatic rings. The van der Waals surface area contributed by atoms with Gasteiger partial charge >= 0.3 is 0 Å². The van der Waals surface area contributed by atoms with Crippen molar-refractivity contribution >= 4 is 0 Å². The van der Waals surface area contributed by atoms with Gasteiger partial charge in [0.05, 0.1) is 0 Å². The summed E-state index contributed by atoms with van der Waals surface area (Å²) in [6, 6.07) is 0. The summed E-state index contributed by atoms with van der Waals surface area (Å²) >= 11 is 0. The van der Waals surface area contributed by atoms with E-state index in [9.17, 15) is 0 Å². The smallest absolute Gasteiger partial charge is 0.0209 e. The van der Waals surface area contributed by atoms with Crippen molar-refractivity contribution in [3.63, 3.8) is 0 Å². The van der Waals surface area contributed by atoms with E-state index in [1.54, 1.807) is 11.1 Å². The van der Waals surface area contributed by atoms with Crippen molar-refractivity contribution in [2.24, 2.45) is 11.8 Å². The van der Waals surface area contributed by atoms with Crippen molar-refractivity contribution in [1.29, 1.82) is 0 Å². The lowest BCUT2D eigenvalue weighted by atomic mass is 9.88. The minimum absolute atomic E-state index is 0.745. The standard InChI is InChI=1S/C11H22/c1-7-9(4)11(6)10(5)8(2)3/h8,10H,7H2,1-6H3/b11-9-/t10-/m1/s1. The minimum atomic E-state index is 0.745. The lowest BCUT2D eigenvalue weighted by molar-refractivity contribution is 0.475. The maximum absolute atomic E-state index is 2.32. The van der Waals surface area contributed by atoms with Crippen molar-refractivity contribution in [2.75, 3.05) is 0 Å². The van der Waals surface area contributed by atoms with Crippen LogP contribution in [0.3, 0.4) is 0 Å². The highest BCUT2D eigenvalue weighted by Gasteiger charge is 2.09. The second kappa shape index (κ2) is 4.58. The van der Waals surface area contributed by atoms with Gasteiger partial charge in [-0.05, 0) is 32.1 Å². The zero-order valence-electron chi connectivity index (χ0n) is 8.86. The van der Waals surface area contributed by atoms with Crippen LogP contribution in [-0.4, -0.2) is 0 Å². The molecule has 0 N–H and O–H groups in total. The van der Waals surface area contributed by atoms with Gasteiger partial charge in [-0.15, -0.1) is 0 Å². The van der Waals surface area contributed by atoms with Gasteiger partial charge in [0.1, 0.15) is 0 Å². The van der Waals surface area contributed by atoms with Crippen LogP contribution in [0.2, 0.25) is 0 Å². The first-order chi connectivity index (χ1) is 5.00. The molecule has 0 radical (unpaired) electrons. The van der Waals surface area contributed by atoms with Crippen LogP contribution in [0.25, 0.3) is 0 Å². The number of allylic oxidation sites excluding steroid dienone is 2. The molecule has 0 rings (SSSR count). The van der Waals surface area contributed by atoms with Crippen LogP contribution in [0.1, 0.15) is 48.0 Å². The predicted molar refractivity (Wildman–Crippen MR) is 52.7 cm³/mol. The van der Waals surface area contributed by atoms with Gasteiger partial charge in [0.15, 0.2) is 0 Å². The lowest BCUT2D eigenvalue weighted by Crippen LogP contribution is -2.06. The van der Waals surface area contributed by atoms with E-state index in [4.69, 9.17) is 0 Å². The lowest BCUT2D eigenvalue weighted by Gasteiger charge is -2.18. The molecule has 0 nitrogen and oxygen atoms in total. The average molecular weight is 154 g/mol. The molecule has 0 amide bonds. The summed E-state index contributed by atoms with van der Waals surface area (Å²) in [6.07, 6.45) is 1.20. The minimum Gasteiger partial charge on any atom is -0.0744 e. The van der Waals surface area contributed by atoms with Gasteiger partial charge in [0.2, 0.25) is 0 Å². The van der Waals surface area contributed by atoms with Crippen LogP contribution in [0, 0.1) is 11.8 Å². The molecule has 11 heavy (non-hydrogen) atoms. The first-order valence-electron chi connectivity index (χ1n) is 4.66. The van der Waals surface area contributed by atoms with E-state index in [1.807, 2.05) is 0 Å². The molecule has 0 heterocycles. The van der Waals surface area contributed by atoms with Gasteiger partial charge in [0, 0.05) is 0 Å². The van der Waals surface area contributed by atoms with Crippen molar-refractivity contribution in [3.05, 3.63) is 11.1 Å². The first kappa shape index (κ1) is 10.7. The van der Waals surface area contributed by atoms with Gasteiger partial charge in [-0.2, -0.15) is 0 Å². The highest BCUT2D eigenvalue weighted by atomic mass is 14.2. The second-order valence-electron chi connectivity index (χ2n) is 3.85. The van der Waals surface area contributed by atoms with E-state index in [0.717, 1.165) is 11.8 Å². The van der Waals surface area contributed by atoms with E-state index in [-0.39, 0.29) is 0 Å². The van der Waals surface area contributed by atoms with E-state index in [2.05, 4.69) is 41.5 Å². The van der Waals surface area contributed by atoms with Gasteiger partial charge < -0.3 is 0 Å². The zero-order chi connectivity index (χ0) is 9.02. The van der Waals surface area contributed by atoms with Crippen LogP contribution >= 0.6 is 0 Å². The number of rotatable bonds is 3. The Morgan fingerprint density at radius 3 is 1.82 bits per heavy atom. The van der Waals surface area contributed by atoms with Crippen molar-refractivity contribution < 1.29 is 0 Å². The van der Waals surface area contributed by atoms with Gasteiger partial charge in [-0.3, -0.25) is 0 Å². The van der Waals surface area contributed by atoms with E-state index < -0.39 is 0 Å². The van der Waals surface area contributed by atoms with E-state index >= 15 is 0 Å². The Balaban J connectivity index is 4.33. The first-order valence-corrected chi connectivity index (χ1v) is 4.66. The molecule has 0 fully saturated rings. The Kier molecular flexibility index (Phi) is 4.48. The quantitative estimate of drug-likeness (QED) is 0.538. The molecule has 0 saturated carbocycles. The third kappa shape index (κ3) is 3.09. The topological polar surface area (TPSA) is 0 Å². The summed E-state index contributed by atoms with van der Waals surface area (Å²) in [6.45, 7) is 13.6. The average Bonchev–Trinajstić information content (AvgIpc) is 2.00. The third-order valence-corrected chi connectivity index (χ3v) is 2.89. The molecular formula is C11H22. The summed E-state index contributed by atoms with van der Waals surface area (Å²) < 4.78 is 0. The summed E-state index contributed by atoms with van der Waals surface area (Å²) in [5.41, 5.74) is 3.15. The van der Waals surface area contributed by atoms with Crippen molar-refractivity contribution in [2.45, 2.75) is 48.0 Å². The molecule has 0 heteroatoms. The molecule has 0 aliphatic heterocycles. The zero-order valence-corrected chi connectivity index (χ0v) is 8.86. The molecule has 0 aromatic carbocycles. The Morgan fingerprint density at radius 1 is 1.09 bits per heavy atom.